The lowest BCUT2D eigenvalue weighted by Crippen LogP contribution is -2.39. The van der Waals surface area contributed by atoms with Gasteiger partial charge in [-0.25, -0.2) is 0 Å². The summed E-state index contributed by atoms with van der Waals surface area (Å²) in [6.45, 7) is 6.28. The summed E-state index contributed by atoms with van der Waals surface area (Å²) in [7, 11) is 2.04. The molecule has 1 aromatic heterocycles. The number of carbonyl (C=O) groups excluding carboxylic acids is 1. The third-order valence-electron chi connectivity index (χ3n) is 5.52. The maximum Gasteiger partial charge on any atom is 0.222 e. The number of piperidine rings is 2. The van der Waals surface area contributed by atoms with Gasteiger partial charge >= 0.3 is 0 Å². The lowest BCUT2D eigenvalue weighted by molar-refractivity contribution is -0.132. The fraction of sp³-hybridized carbons (Fsp3) is 0.833. The van der Waals surface area contributed by atoms with Gasteiger partial charge in [-0.1, -0.05) is 6.92 Å². The van der Waals surface area contributed by atoms with Crippen molar-refractivity contribution in [3.8, 4) is 0 Å². The van der Waals surface area contributed by atoms with Crippen LogP contribution in [0.15, 0.2) is 0 Å². The lowest BCUT2D eigenvalue weighted by atomic mass is 9.96. The summed E-state index contributed by atoms with van der Waals surface area (Å²) in [6, 6.07) is 0. The van der Waals surface area contributed by atoms with E-state index in [2.05, 4.69) is 19.7 Å². The molecule has 25 heavy (non-hydrogen) atoms. The highest BCUT2D eigenvalue weighted by atomic mass is 16.3. The zero-order chi connectivity index (χ0) is 17.8. The van der Waals surface area contributed by atoms with Crippen LogP contribution in [0.3, 0.4) is 0 Å². The summed E-state index contributed by atoms with van der Waals surface area (Å²) in [4.78, 5) is 16.5. The van der Waals surface area contributed by atoms with Crippen molar-refractivity contribution in [2.45, 2.75) is 64.0 Å². The van der Waals surface area contributed by atoms with Crippen LogP contribution in [0.1, 0.15) is 63.0 Å². The normalized spacial score (nSPS) is 23.2. The first-order valence-corrected chi connectivity index (χ1v) is 9.64. The van der Waals surface area contributed by atoms with Crippen LogP contribution in [-0.4, -0.2) is 67.9 Å². The smallest absolute Gasteiger partial charge is 0.222 e. The number of aliphatic hydroxyl groups is 1. The third kappa shape index (κ3) is 4.39. The number of hydrogen-bond donors (Lipinski definition) is 1. The monoisotopic (exact) mass is 349 g/mol. The topological polar surface area (TPSA) is 74.5 Å². The molecule has 1 aromatic rings. The van der Waals surface area contributed by atoms with Crippen LogP contribution in [0, 0.1) is 0 Å². The van der Waals surface area contributed by atoms with Crippen LogP contribution in [-0.2, 0) is 18.4 Å². The molecule has 3 heterocycles. The van der Waals surface area contributed by atoms with Gasteiger partial charge in [-0.2, -0.15) is 0 Å². The van der Waals surface area contributed by atoms with Crippen LogP contribution >= 0.6 is 0 Å². The predicted molar refractivity (Wildman–Crippen MR) is 95.0 cm³/mol. The number of aromatic nitrogens is 3. The Kier molecular flexibility index (Phi) is 6.06. The molecule has 0 spiro atoms. The Hall–Kier alpha value is -1.47. The Morgan fingerprint density at radius 1 is 1.20 bits per heavy atom. The van der Waals surface area contributed by atoms with E-state index in [1.165, 1.54) is 0 Å². The molecule has 2 fully saturated rings. The SMILES string of the molecule is CCCC(=O)N1CCC[C@H](c2nnc(CN3CCC(O)CC3)n2C)C1. The highest BCUT2D eigenvalue weighted by Crippen LogP contribution is 2.26. The van der Waals surface area contributed by atoms with Gasteiger partial charge in [0.1, 0.15) is 11.6 Å². The first kappa shape index (κ1) is 18.3. The molecule has 1 atom stereocenters. The zero-order valence-corrected chi connectivity index (χ0v) is 15.5. The van der Waals surface area contributed by atoms with Crippen molar-refractivity contribution in [2.75, 3.05) is 26.2 Å². The maximum atomic E-state index is 12.2. The molecule has 0 radical (unpaired) electrons. The van der Waals surface area contributed by atoms with Crippen LogP contribution in [0.5, 0.6) is 0 Å². The molecule has 1 N–H and O–H groups in total. The third-order valence-corrected chi connectivity index (χ3v) is 5.52. The van der Waals surface area contributed by atoms with Gasteiger partial charge in [0.25, 0.3) is 0 Å². The van der Waals surface area contributed by atoms with Crippen LogP contribution in [0.4, 0.5) is 0 Å². The van der Waals surface area contributed by atoms with Crippen molar-refractivity contribution in [2.24, 2.45) is 7.05 Å². The lowest BCUT2D eigenvalue weighted by Gasteiger charge is -2.32. The van der Waals surface area contributed by atoms with Crippen LogP contribution < -0.4 is 0 Å². The molecule has 2 aliphatic heterocycles. The summed E-state index contributed by atoms with van der Waals surface area (Å²) >= 11 is 0. The van der Waals surface area contributed by atoms with Gasteiger partial charge in [0.15, 0.2) is 0 Å². The molecule has 1 amide bonds. The van der Waals surface area contributed by atoms with Crippen molar-refractivity contribution < 1.29 is 9.90 Å². The number of hydrogen-bond acceptors (Lipinski definition) is 5. The molecule has 2 saturated heterocycles. The van der Waals surface area contributed by atoms with E-state index >= 15 is 0 Å². The number of nitrogens with zero attached hydrogens (tertiary/aromatic N) is 5. The van der Waals surface area contributed by atoms with Crippen molar-refractivity contribution in [3.05, 3.63) is 11.6 Å². The van der Waals surface area contributed by atoms with E-state index in [9.17, 15) is 9.90 Å². The second kappa shape index (κ2) is 8.27. The Labute approximate surface area is 150 Å². The van der Waals surface area contributed by atoms with E-state index < -0.39 is 0 Å². The summed E-state index contributed by atoms with van der Waals surface area (Å²) < 4.78 is 2.11. The van der Waals surface area contributed by atoms with E-state index in [0.29, 0.717) is 6.42 Å². The number of amides is 1. The van der Waals surface area contributed by atoms with Crippen LogP contribution in [0.25, 0.3) is 0 Å². The highest BCUT2D eigenvalue weighted by Gasteiger charge is 2.28. The zero-order valence-electron chi connectivity index (χ0n) is 15.5. The largest absolute Gasteiger partial charge is 0.393 e. The molecule has 2 aliphatic rings. The van der Waals surface area contributed by atoms with Gasteiger partial charge in [-0.3, -0.25) is 9.69 Å². The fourth-order valence-electron chi connectivity index (χ4n) is 3.93. The minimum atomic E-state index is -0.153. The summed E-state index contributed by atoms with van der Waals surface area (Å²) in [5.41, 5.74) is 0. The molecule has 7 nitrogen and oxygen atoms in total. The van der Waals surface area contributed by atoms with Crippen molar-refractivity contribution in [1.82, 2.24) is 24.6 Å². The summed E-state index contributed by atoms with van der Waals surface area (Å²) in [5, 5.41) is 18.5. The average molecular weight is 349 g/mol. The molecule has 0 aromatic carbocycles. The first-order chi connectivity index (χ1) is 12.1. The second-order valence-corrected chi connectivity index (χ2v) is 7.47. The Bertz CT molecular complexity index is 580. The molecule has 0 aliphatic carbocycles. The fourth-order valence-corrected chi connectivity index (χ4v) is 3.93. The van der Waals surface area contributed by atoms with Gasteiger partial charge in [0.05, 0.1) is 12.6 Å². The van der Waals surface area contributed by atoms with Crippen molar-refractivity contribution in [3.63, 3.8) is 0 Å². The van der Waals surface area contributed by atoms with E-state index in [-0.39, 0.29) is 17.9 Å². The predicted octanol–water partition coefficient (Wildman–Crippen LogP) is 1.28. The number of likely N-dealkylation sites (tertiary alicyclic amines) is 2. The number of carbonyl (C=O) groups is 1. The highest BCUT2D eigenvalue weighted by molar-refractivity contribution is 5.76. The Morgan fingerprint density at radius 3 is 2.68 bits per heavy atom. The molecule has 0 saturated carbocycles. The molecule has 0 unspecified atom stereocenters. The quantitative estimate of drug-likeness (QED) is 0.867. The molecule has 0 bridgehead atoms. The van der Waals surface area contributed by atoms with Crippen molar-refractivity contribution >= 4 is 5.91 Å². The summed E-state index contributed by atoms with van der Waals surface area (Å²) in [6.07, 6.45) is 5.16. The molecular weight excluding hydrogens is 318 g/mol. The van der Waals surface area contributed by atoms with Gasteiger partial charge in [0, 0.05) is 45.6 Å². The van der Waals surface area contributed by atoms with Gasteiger partial charge in [-0.05, 0) is 32.1 Å². The van der Waals surface area contributed by atoms with Gasteiger partial charge < -0.3 is 14.6 Å². The van der Waals surface area contributed by atoms with E-state index in [1.54, 1.807) is 0 Å². The van der Waals surface area contributed by atoms with Crippen LogP contribution in [0.2, 0.25) is 0 Å². The minimum absolute atomic E-state index is 0.153. The minimum Gasteiger partial charge on any atom is -0.393 e. The van der Waals surface area contributed by atoms with E-state index in [1.807, 2.05) is 18.9 Å². The van der Waals surface area contributed by atoms with E-state index in [4.69, 9.17) is 0 Å². The van der Waals surface area contributed by atoms with Gasteiger partial charge in [0.2, 0.25) is 5.91 Å². The second-order valence-electron chi connectivity index (χ2n) is 7.47. The molecule has 3 rings (SSSR count). The molecule has 7 heteroatoms. The maximum absolute atomic E-state index is 12.2. The van der Waals surface area contributed by atoms with E-state index in [0.717, 1.165) is 76.5 Å². The molecule has 140 valence electrons. The molecular formula is C18H31N5O2. The Morgan fingerprint density at radius 2 is 1.96 bits per heavy atom. The number of aliphatic hydroxyl groups excluding tert-OH is 1. The summed E-state index contributed by atoms with van der Waals surface area (Å²) in [5.74, 6) is 2.52. The average Bonchev–Trinajstić information content (AvgIpc) is 2.98. The van der Waals surface area contributed by atoms with Gasteiger partial charge in [-0.15, -0.1) is 10.2 Å². The Balaban J connectivity index is 1.63. The standard InChI is InChI=1S/C18H31N5O2/c1-3-5-17(25)23-9-4-6-14(12-23)18-20-19-16(21(18)2)13-22-10-7-15(24)8-11-22/h14-15,24H,3-13H2,1-2H3/t14-/m0/s1. The number of rotatable bonds is 5. The van der Waals surface area contributed by atoms with Crippen molar-refractivity contribution in [1.29, 1.82) is 0 Å². The first-order valence-electron chi connectivity index (χ1n) is 9.64.